The quantitative estimate of drug-likeness (QED) is 0.825. The van der Waals surface area contributed by atoms with Crippen LogP contribution >= 0.6 is 0 Å². The second kappa shape index (κ2) is 5.33. The van der Waals surface area contributed by atoms with Gasteiger partial charge in [0.15, 0.2) is 6.04 Å². The number of nitrogens with zero attached hydrogens (tertiary/aromatic N) is 3. The molecule has 4 rings (SSSR count). The van der Waals surface area contributed by atoms with E-state index in [0.29, 0.717) is 37.4 Å². The van der Waals surface area contributed by atoms with Gasteiger partial charge in [0.2, 0.25) is 10.0 Å². The molecule has 1 aromatic rings. The average molecular weight is 350 g/mol. The first-order chi connectivity index (χ1) is 11.4. The average Bonchev–Trinajstić information content (AvgIpc) is 3.22. The molecule has 0 radical (unpaired) electrons. The standard InChI is InChI=1S/C15H18N4O4S/c1-18-7-10-11(8-18)13-9(14(17-21)15(20)16-13)6-12(10)24(22,23)19-4-2-3-5-19/h6,14H,2-5,7-8H2,1H3,(H,16,20). The van der Waals surface area contributed by atoms with E-state index >= 15 is 0 Å². The number of carbonyl (C=O) groups is 1. The number of benzene rings is 1. The van der Waals surface area contributed by atoms with E-state index in [1.165, 1.54) is 10.4 Å². The summed E-state index contributed by atoms with van der Waals surface area (Å²) in [5.74, 6) is -0.493. The summed E-state index contributed by atoms with van der Waals surface area (Å²) in [5, 5.41) is 5.59. The molecule has 3 aliphatic heterocycles. The first-order valence-corrected chi connectivity index (χ1v) is 9.38. The van der Waals surface area contributed by atoms with Gasteiger partial charge in [-0.05, 0) is 37.1 Å². The third-order valence-corrected chi connectivity index (χ3v) is 6.94. The van der Waals surface area contributed by atoms with Gasteiger partial charge in [0.05, 0.1) is 10.6 Å². The van der Waals surface area contributed by atoms with Gasteiger partial charge in [-0.1, -0.05) is 5.18 Å². The van der Waals surface area contributed by atoms with Crippen molar-refractivity contribution in [2.75, 3.05) is 25.5 Å². The number of anilines is 1. The second-order valence-corrected chi connectivity index (χ2v) is 8.48. The summed E-state index contributed by atoms with van der Waals surface area (Å²) in [5.41, 5.74) is 2.44. The molecule has 0 aliphatic carbocycles. The summed E-state index contributed by atoms with van der Waals surface area (Å²) in [6.45, 7) is 2.06. The van der Waals surface area contributed by atoms with Gasteiger partial charge in [-0.2, -0.15) is 4.31 Å². The zero-order valence-electron chi connectivity index (χ0n) is 13.3. The molecule has 1 saturated heterocycles. The van der Waals surface area contributed by atoms with E-state index in [1.54, 1.807) is 0 Å². The van der Waals surface area contributed by atoms with Crippen molar-refractivity contribution in [3.63, 3.8) is 0 Å². The molecule has 0 aromatic heterocycles. The molecule has 1 fully saturated rings. The van der Waals surface area contributed by atoms with Gasteiger partial charge in [-0.3, -0.25) is 9.69 Å². The summed E-state index contributed by atoms with van der Waals surface area (Å²) < 4.78 is 27.6. The van der Waals surface area contributed by atoms with Gasteiger partial charge in [0.25, 0.3) is 5.91 Å². The van der Waals surface area contributed by atoms with Crippen LogP contribution in [0.4, 0.5) is 5.69 Å². The molecule has 128 valence electrons. The molecule has 3 aliphatic rings. The highest BCUT2D eigenvalue weighted by molar-refractivity contribution is 7.89. The van der Waals surface area contributed by atoms with Crippen LogP contribution < -0.4 is 5.32 Å². The lowest BCUT2D eigenvalue weighted by atomic mass is 10.0. The van der Waals surface area contributed by atoms with Crippen molar-refractivity contribution < 1.29 is 13.2 Å². The normalized spacial score (nSPS) is 24.0. The van der Waals surface area contributed by atoms with E-state index in [4.69, 9.17) is 0 Å². The molecule has 1 N–H and O–H groups in total. The highest BCUT2D eigenvalue weighted by Crippen LogP contribution is 2.44. The molecule has 24 heavy (non-hydrogen) atoms. The van der Waals surface area contributed by atoms with Crippen molar-refractivity contribution >= 4 is 21.6 Å². The van der Waals surface area contributed by atoms with Crippen LogP contribution in [-0.2, 0) is 27.9 Å². The van der Waals surface area contributed by atoms with Crippen LogP contribution in [0.3, 0.4) is 0 Å². The van der Waals surface area contributed by atoms with Crippen molar-refractivity contribution in [3.8, 4) is 0 Å². The third-order valence-electron chi connectivity index (χ3n) is 4.97. The Balaban J connectivity index is 1.93. The van der Waals surface area contributed by atoms with Gasteiger partial charge < -0.3 is 5.32 Å². The van der Waals surface area contributed by atoms with Gasteiger partial charge in [-0.15, -0.1) is 4.91 Å². The monoisotopic (exact) mass is 350 g/mol. The number of sulfonamides is 1. The summed E-state index contributed by atoms with van der Waals surface area (Å²) in [6.07, 6.45) is 1.70. The Hall–Kier alpha value is -1.84. The number of nitroso groups, excluding NO2 is 1. The zero-order valence-corrected chi connectivity index (χ0v) is 14.1. The minimum atomic E-state index is -3.63. The highest BCUT2D eigenvalue weighted by atomic mass is 32.2. The molecular formula is C15H18N4O4S. The molecule has 0 spiro atoms. The Kier molecular flexibility index (Phi) is 3.48. The summed E-state index contributed by atoms with van der Waals surface area (Å²) in [7, 11) is -1.74. The van der Waals surface area contributed by atoms with E-state index in [2.05, 4.69) is 10.5 Å². The summed E-state index contributed by atoms with van der Waals surface area (Å²) in [6, 6.07) is 0.300. The van der Waals surface area contributed by atoms with Crippen molar-refractivity contribution in [2.24, 2.45) is 5.18 Å². The lowest BCUT2D eigenvalue weighted by Gasteiger charge is -2.19. The Labute approximate surface area is 139 Å². The minimum Gasteiger partial charge on any atom is -0.323 e. The van der Waals surface area contributed by atoms with Crippen LogP contribution in [0.25, 0.3) is 0 Å². The van der Waals surface area contributed by atoms with Crippen LogP contribution in [0.15, 0.2) is 16.1 Å². The second-order valence-electron chi connectivity index (χ2n) is 6.58. The number of hydrogen-bond acceptors (Lipinski definition) is 6. The molecule has 9 heteroatoms. The molecule has 1 aromatic carbocycles. The number of fused-ring (bicyclic) bond motifs is 3. The topological polar surface area (TPSA) is 99.2 Å². The number of carbonyl (C=O) groups excluding carboxylic acids is 1. The first-order valence-electron chi connectivity index (χ1n) is 7.94. The Morgan fingerprint density at radius 3 is 2.54 bits per heavy atom. The number of hydrogen-bond donors (Lipinski definition) is 1. The van der Waals surface area contributed by atoms with Gasteiger partial charge in [-0.25, -0.2) is 8.42 Å². The van der Waals surface area contributed by atoms with Gasteiger partial charge in [0.1, 0.15) is 0 Å². The van der Waals surface area contributed by atoms with E-state index in [9.17, 15) is 18.1 Å². The molecule has 8 nitrogen and oxygen atoms in total. The number of nitrogens with one attached hydrogen (secondary N) is 1. The lowest BCUT2D eigenvalue weighted by Crippen LogP contribution is -2.29. The van der Waals surface area contributed by atoms with Crippen LogP contribution in [0.5, 0.6) is 0 Å². The van der Waals surface area contributed by atoms with Crippen molar-refractivity contribution in [3.05, 3.63) is 27.7 Å². The fourth-order valence-corrected chi connectivity index (χ4v) is 5.61. The van der Waals surface area contributed by atoms with Crippen molar-refractivity contribution in [2.45, 2.75) is 36.9 Å². The highest BCUT2D eigenvalue weighted by Gasteiger charge is 2.40. The van der Waals surface area contributed by atoms with E-state index < -0.39 is 22.0 Å². The predicted octanol–water partition coefficient (Wildman–Crippen LogP) is 1.18. The fourth-order valence-electron chi connectivity index (χ4n) is 3.82. The van der Waals surface area contributed by atoms with Crippen LogP contribution in [0, 0.1) is 4.91 Å². The zero-order chi connectivity index (χ0) is 17.1. The number of amides is 1. The Morgan fingerprint density at radius 1 is 1.21 bits per heavy atom. The summed E-state index contributed by atoms with van der Waals surface area (Å²) >= 11 is 0. The SMILES string of the molecule is CN1Cc2c(S(=O)(=O)N3CCCC3)cc3c(c2C1)NC(=O)C3N=O. The fraction of sp³-hybridized carbons (Fsp3) is 0.533. The Morgan fingerprint density at radius 2 is 1.88 bits per heavy atom. The van der Waals surface area contributed by atoms with Crippen LogP contribution in [0.1, 0.15) is 35.6 Å². The maximum atomic E-state index is 13.1. The van der Waals surface area contributed by atoms with Crippen LogP contribution in [0.2, 0.25) is 0 Å². The number of rotatable bonds is 3. The van der Waals surface area contributed by atoms with Gasteiger partial charge >= 0.3 is 0 Å². The van der Waals surface area contributed by atoms with Crippen LogP contribution in [-0.4, -0.2) is 43.7 Å². The largest absolute Gasteiger partial charge is 0.323 e. The first kappa shape index (κ1) is 15.7. The molecule has 3 heterocycles. The molecule has 1 atom stereocenters. The molecule has 1 amide bonds. The molecule has 0 bridgehead atoms. The van der Waals surface area contributed by atoms with Crippen molar-refractivity contribution in [1.29, 1.82) is 0 Å². The molecule has 0 saturated carbocycles. The maximum Gasteiger partial charge on any atom is 0.257 e. The van der Waals surface area contributed by atoms with E-state index in [0.717, 1.165) is 24.0 Å². The van der Waals surface area contributed by atoms with E-state index in [-0.39, 0.29) is 4.90 Å². The smallest absolute Gasteiger partial charge is 0.257 e. The van der Waals surface area contributed by atoms with E-state index in [1.807, 2.05) is 11.9 Å². The maximum absolute atomic E-state index is 13.1. The van der Waals surface area contributed by atoms with Gasteiger partial charge in [0, 0.05) is 31.7 Å². The summed E-state index contributed by atoms with van der Waals surface area (Å²) in [4.78, 5) is 25.3. The predicted molar refractivity (Wildman–Crippen MR) is 86.8 cm³/mol. The third kappa shape index (κ3) is 2.11. The Bertz CT molecular complexity index is 846. The lowest BCUT2D eigenvalue weighted by molar-refractivity contribution is -0.116. The molecular weight excluding hydrogens is 332 g/mol. The minimum absolute atomic E-state index is 0.215. The molecule has 1 unspecified atom stereocenters. The van der Waals surface area contributed by atoms with Crippen molar-refractivity contribution in [1.82, 2.24) is 9.21 Å².